The molecule has 0 aliphatic heterocycles. The number of hydrogen-bond acceptors (Lipinski definition) is 6. The molecule has 0 amide bonds. The zero-order valence-corrected chi connectivity index (χ0v) is 7.28. The molecule has 0 aromatic rings. The smallest absolute Gasteiger partial charge is 0.111 e. The van der Waals surface area contributed by atoms with Crippen molar-refractivity contribution in [2.24, 2.45) is 0 Å². The van der Waals surface area contributed by atoms with Gasteiger partial charge >= 0.3 is 0 Å². The predicted molar refractivity (Wildman–Crippen MR) is 42.8 cm³/mol. The van der Waals surface area contributed by atoms with Gasteiger partial charge in [0, 0.05) is 0 Å². The van der Waals surface area contributed by atoms with Crippen molar-refractivity contribution in [2.75, 3.05) is 6.61 Å². The van der Waals surface area contributed by atoms with Gasteiger partial charge in [0.05, 0.1) is 12.7 Å². The molecule has 6 nitrogen and oxygen atoms in total. The molecule has 80 valence electrons. The van der Waals surface area contributed by atoms with E-state index in [-0.39, 0.29) is 0 Å². The van der Waals surface area contributed by atoms with E-state index in [0.29, 0.717) is 0 Å². The number of aliphatic hydroxyl groups excluding tert-OH is 6. The van der Waals surface area contributed by atoms with Crippen molar-refractivity contribution in [2.45, 2.75) is 37.4 Å². The van der Waals surface area contributed by atoms with Crippen LogP contribution < -0.4 is 0 Å². The van der Waals surface area contributed by atoms with E-state index >= 15 is 0 Å². The van der Waals surface area contributed by atoms with Gasteiger partial charge in [-0.05, 0) is 6.92 Å². The molecule has 0 aliphatic rings. The van der Waals surface area contributed by atoms with Gasteiger partial charge in [0.1, 0.15) is 24.4 Å². The first kappa shape index (κ1) is 12.8. The van der Waals surface area contributed by atoms with Crippen LogP contribution >= 0.6 is 0 Å². The SMILES string of the molecule is C[C@H](O)[C@@H](O)[C@@H](O)[C@H](O)[C@H](O)CO. The van der Waals surface area contributed by atoms with Crippen LogP contribution in [0.3, 0.4) is 0 Å². The summed E-state index contributed by atoms with van der Waals surface area (Å²) in [5.74, 6) is 0. The lowest BCUT2D eigenvalue weighted by Crippen LogP contribution is -2.49. The maximum atomic E-state index is 9.13. The van der Waals surface area contributed by atoms with E-state index in [1.165, 1.54) is 6.92 Å². The molecule has 0 aliphatic carbocycles. The van der Waals surface area contributed by atoms with Crippen LogP contribution in [0.5, 0.6) is 0 Å². The van der Waals surface area contributed by atoms with E-state index in [0.717, 1.165) is 0 Å². The molecule has 0 saturated carbocycles. The molecule has 0 aromatic carbocycles. The van der Waals surface area contributed by atoms with E-state index in [1.54, 1.807) is 0 Å². The first-order valence-corrected chi connectivity index (χ1v) is 3.93. The van der Waals surface area contributed by atoms with E-state index in [2.05, 4.69) is 0 Å². The van der Waals surface area contributed by atoms with Gasteiger partial charge in [-0.3, -0.25) is 0 Å². The second kappa shape index (κ2) is 5.48. The highest BCUT2D eigenvalue weighted by molar-refractivity contribution is 4.82. The third-order valence-electron chi connectivity index (χ3n) is 1.78. The largest absolute Gasteiger partial charge is 0.394 e. The fourth-order valence-electron chi connectivity index (χ4n) is 0.823. The van der Waals surface area contributed by atoms with Gasteiger partial charge in [-0.25, -0.2) is 0 Å². The summed E-state index contributed by atoms with van der Waals surface area (Å²) in [7, 11) is 0. The van der Waals surface area contributed by atoms with Crippen molar-refractivity contribution in [3.8, 4) is 0 Å². The Labute approximate surface area is 75.7 Å². The second-order valence-corrected chi connectivity index (χ2v) is 2.96. The van der Waals surface area contributed by atoms with Crippen LogP contribution in [0.25, 0.3) is 0 Å². The van der Waals surface area contributed by atoms with Crippen molar-refractivity contribution in [3.63, 3.8) is 0 Å². The van der Waals surface area contributed by atoms with Crippen LogP contribution in [0, 0.1) is 0 Å². The molecule has 0 spiro atoms. The van der Waals surface area contributed by atoms with Gasteiger partial charge in [0.15, 0.2) is 0 Å². The van der Waals surface area contributed by atoms with Crippen molar-refractivity contribution in [3.05, 3.63) is 0 Å². The van der Waals surface area contributed by atoms with Gasteiger partial charge in [0.25, 0.3) is 0 Å². The number of rotatable bonds is 5. The monoisotopic (exact) mass is 196 g/mol. The van der Waals surface area contributed by atoms with Gasteiger partial charge in [-0.2, -0.15) is 0 Å². The highest BCUT2D eigenvalue weighted by Crippen LogP contribution is 2.07. The first-order valence-electron chi connectivity index (χ1n) is 3.93. The van der Waals surface area contributed by atoms with Gasteiger partial charge in [-0.15, -0.1) is 0 Å². The molecule has 6 heteroatoms. The molecule has 0 aromatic heterocycles. The van der Waals surface area contributed by atoms with Crippen molar-refractivity contribution >= 4 is 0 Å². The summed E-state index contributed by atoms with van der Waals surface area (Å²) in [6.07, 6.45) is -7.70. The Kier molecular flexibility index (Phi) is 5.38. The van der Waals surface area contributed by atoms with E-state index in [9.17, 15) is 0 Å². The highest BCUT2D eigenvalue weighted by atomic mass is 16.4. The zero-order valence-electron chi connectivity index (χ0n) is 7.28. The zero-order chi connectivity index (χ0) is 10.6. The molecule has 0 bridgehead atoms. The Morgan fingerprint density at radius 1 is 0.846 bits per heavy atom. The van der Waals surface area contributed by atoms with Gasteiger partial charge in [0.2, 0.25) is 0 Å². The molecule has 13 heavy (non-hydrogen) atoms. The topological polar surface area (TPSA) is 121 Å². The van der Waals surface area contributed by atoms with Crippen LogP contribution in [0.1, 0.15) is 6.92 Å². The molecule has 0 radical (unpaired) electrons. The second-order valence-electron chi connectivity index (χ2n) is 2.96. The lowest BCUT2D eigenvalue weighted by atomic mass is 10.0. The summed E-state index contributed by atoms with van der Waals surface area (Å²) in [5, 5.41) is 53.4. The standard InChI is InChI=1S/C7H16O6/c1-3(9)5(11)7(13)6(12)4(10)2-8/h3-13H,2H2,1H3/t3-,4+,5+,6+,7+/m0/s1. The average molecular weight is 196 g/mol. The summed E-state index contributed by atoms with van der Waals surface area (Å²) in [5.41, 5.74) is 0. The number of aliphatic hydroxyl groups is 6. The minimum atomic E-state index is -1.69. The lowest BCUT2D eigenvalue weighted by Gasteiger charge is -2.26. The summed E-state index contributed by atoms with van der Waals surface area (Å²) in [6.45, 7) is 0.497. The molecule has 0 unspecified atom stereocenters. The highest BCUT2D eigenvalue weighted by Gasteiger charge is 2.32. The maximum Gasteiger partial charge on any atom is 0.111 e. The number of hydrogen-bond donors (Lipinski definition) is 6. The van der Waals surface area contributed by atoms with Gasteiger partial charge in [-0.1, -0.05) is 0 Å². The summed E-state index contributed by atoms with van der Waals surface area (Å²) >= 11 is 0. The van der Waals surface area contributed by atoms with Crippen LogP contribution in [0.15, 0.2) is 0 Å². The Balaban J connectivity index is 4.15. The quantitative estimate of drug-likeness (QED) is 0.275. The predicted octanol–water partition coefficient (Wildman–Crippen LogP) is -3.20. The Morgan fingerprint density at radius 3 is 1.62 bits per heavy atom. The molecule has 5 atom stereocenters. The van der Waals surface area contributed by atoms with Crippen molar-refractivity contribution in [1.82, 2.24) is 0 Å². The third kappa shape index (κ3) is 3.55. The van der Waals surface area contributed by atoms with Crippen molar-refractivity contribution in [1.29, 1.82) is 0 Å². The molecular formula is C7H16O6. The summed E-state index contributed by atoms with van der Waals surface area (Å²) in [4.78, 5) is 0. The molecule has 0 rings (SSSR count). The van der Waals surface area contributed by atoms with E-state index < -0.39 is 37.1 Å². The van der Waals surface area contributed by atoms with Crippen LogP contribution in [0.4, 0.5) is 0 Å². The third-order valence-corrected chi connectivity index (χ3v) is 1.78. The van der Waals surface area contributed by atoms with Crippen LogP contribution in [-0.2, 0) is 0 Å². The average Bonchev–Trinajstić information content (AvgIpc) is 2.12. The minimum Gasteiger partial charge on any atom is -0.394 e. The Morgan fingerprint density at radius 2 is 1.31 bits per heavy atom. The molecule has 6 N–H and O–H groups in total. The van der Waals surface area contributed by atoms with Crippen molar-refractivity contribution < 1.29 is 30.6 Å². The maximum absolute atomic E-state index is 9.13. The van der Waals surface area contributed by atoms with E-state index in [1.807, 2.05) is 0 Å². The molecule has 0 fully saturated rings. The van der Waals surface area contributed by atoms with E-state index in [4.69, 9.17) is 30.6 Å². The fraction of sp³-hybridized carbons (Fsp3) is 1.00. The molecule has 0 heterocycles. The van der Waals surface area contributed by atoms with Crippen LogP contribution in [0.2, 0.25) is 0 Å². The normalized spacial score (nSPS) is 23.3. The summed E-state index contributed by atoms with van der Waals surface area (Å²) in [6, 6.07) is 0. The minimum absolute atomic E-state index is 0.731. The Bertz CT molecular complexity index is 139. The first-order chi connectivity index (χ1) is 5.91. The fourth-order valence-corrected chi connectivity index (χ4v) is 0.823. The lowest BCUT2D eigenvalue weighted by molar-refractivity contribution is -0.137. The molecular weight excluding hydrogens is 180 g/mol. The van der Waals surface area contributed by atoms with Crippen LogP contribution in [-0.4, -0.2) is 67.8 Å². The van der Waals surface area contributed by atoms with Gasteiger partial charge < -0.3 is 30.6 Å². The molecule has 0 saturated heterocycles. The Hall–Kier alpha value is -0.240. The summed E-state index contributed by atoms with van der Waals surface area (Å²) < 4.78 is 0.